The number of hydrogen-bond donors (Lipinski definition) is 1. The van der Waals surface area contributed by atoms with Crippen molar-refractivity contribution in [1.82, 2.24) is 0 Å². The summed E-state index contributed by atoms with van der Waals surface area (Å²) >= 11 is 0. The summed E-state index contributed by atoms with van der Waals surface area (Å²) in [5, 5.41) is 9.11. The molecule has 1 aliphatic rings. The van der Waals surface area contributed by atoms with E-state index < -0.39 is 10.0 Å². The standard InChI is InChI=1S/C15H13N3O2S/c16-10-11-4-1-2-7-15(11)21(19,20)18-9-8-12-13(17)5-3-6-14(12)18/h1-7H,8-9,17H2. The molecular weight excluding hydrogens is 286 g/mol. The minimum atomic E-state index is -3.76. The predicted octanol–water partition coefficient (Wildman–Crippen LogP) is 1.89. The predicted molar refractivity (Wildman–Crippen MR) is 80.2 cm³/mol. The molecule has 6 heteroatoms. The van der Waals surface area contributed by atoms with E-state index in [0.29, 0.717) is 24.3 Å². The van der Waals surface area contributed by atoms with Crippen LogP contribution in [0.3, 0.4) is 0 Å². The average Bonchev–Trinajstić information content (AvgIpc) is 2.93. The fraction of sp³-hybridized carbons (Fsp3) is 0.133. The first-order valence-electron chi connectivity index (χ1n) is 6.45. The van der Waals surface area contributed by atoms with E-state index in [0.717, 1.165) is 5.56 Å². The van der Waals surface area contributed by atoms with Gasteiger partial charge in [-0.05, 0) is 30.7 Å². The van der Waals surface area contributed by atoms with E-state index >= 15 is 0 Å². The molecule has 2 N–H and O–H groups in total. The second-order valence-electron chi connectivity index (χ2n) is 4.78. The van der Waals surface area contributed by atoms with Crippen molar-refractivity contribution in [2.75, 3.05) is 16.6 Å². The first kappa shape index (κ1) is 13.5. The average molecular weight is 299 g/mol. The number of nitrogens with zero attached hydrogens (tertiary/aromatic N) is 2. The third-order valence-electron chi connectivity index (χ3n) is 3.60. The fourth-order valence-corrected chi connectivity index (χ4v) is 4.23. The summed E-state index contributed by atoms with van der Waals surface area (Å²) < 4.78 is 27.0. The molecule has 0 saturated heterocycles. The summed E-state index contributed by atoms with van der Waals surface area (Å²) in [6.07, 6.45) is 0.579. The van der Waals surface area contributed by atoms with Crippen LogP contribution in [0, 0.1) is 11.3 Å². The van der Waals surface area contributed by atoms with E-state index in [2.05, 4.69) is 0 Å². The summed E-state index contributed by atoms with van der Waals surface area (Å²) in [4.78, 5) is 0.0303. The molecular formula is C15H13N3O2S. The third kappa shape index (κ3) is 2.03. The number of hydrogen-bond acceptors (Lipinski definition) is 4. The van der Waals surface area contributed by atoms with Gasteiger partial charge in [-0.15, -0.1) is 0 Å². The van der Waals surface area contributed by atoms with Crippen LogP contribution in [0.4, 0.5) is 11.4 Å². The number of nitrogens with two attached hydrogens (primary N) is 1. The Morgan fingerprint density at radius 3 is 2.67 bits per heavy atom. The summed E-state index contributed by atoms with van der Waals surface area (Å²) in [7, 11) is -3.76. The monoisotopic (exact) mass is 299 g/mol. The molecule has 106 valence electrons. The molecule has 0 radical (unpaired) electrons. The van der Waals surface area contributed by atoms with Crippen LogP contribution in [0.25, 0.3) is 0 Å². The van der Waals surface area contributed by atoms with Crippen molar-refractivity contribution in [2.24, 2.45) is 0 Å². The highest BCUT2D eigenvalue weighted by molar-refractivity contribution is 7.93. The van der Waals surface area contributed by atoms with Gasteiger partial charge in [0.05, 0.1) is 11.3 Å². The smallest absolute Gasteiger partial charge is 0.265 e. The van der Waals surface area contributed by atoms with E-state index in [-0.39, 0.29) is 10.5 Å². The number of benzene rings is 2. The third-order valence-corrected chi connectivity index (χ3v) is 5.47. The highest BCUT2D eigenvalue weighted by Gasteiger charge is 2.33. The van der Waals surface area contributed by atoms with Gasteiger partial charge in [0.25, 0.3) is 10.0 Å². The molecule has 0 bridgehead atoms. The van der Waals surface area contributed by atoms with Gasteiger partial charge in [0.15, 0.2) is 0 Å². The van der Waals surface area contributed by atoms with E-state index in [4.69, 9.17) is 11.0 Å². The Labute approximate surface area is 123 Å². The van der Waals surface area contributed by atoms with Crippen LogP contribution in [0.5, 0.6) is 0 Å². The molecule has 0 aromatic heterocycles. The molecule has 0 fully saturated rings. The van der Waals surface area contributed by atoms with E-state index in [1.807, 2.05) is 6.07 Å². The molecule has 0 atom stereocenters. The van der Waals surface area contributed by atoms with Crippen LogP contribution >= 0.6 is 0 Å². The molecule has 0 amide bonds. The number of nitriles is 1. The minimum Gasteiger partial charge on any atom is -0.398 e. The largest absolute Gasteiger partial charge is 0.398 e. The maximum Gasteiger partial charge on any atom is 0.265 e. The fourth-order valence-electron chi connectivity index (χ4n) is 2.58. The summed E-state index contributed by atoms with van der Waals surface area (Å²) in [5.41, 5.74) is 8.09. The van der Waals surface area contributed by atoms with Gasteiger partial charge < -0.3 is 5.73 Å². The van der Waals surface area contributed by atoms with Crippen molar-refractivity contribution in [1.29, 1.82) is 5.26 Å². The van der Waals surface area contributed by atoms with Gasteiger partial charge >= 0.3 is 0 Å². The molecule has 2 aromatic carbocycles. The van der Waals surface area contributed by atoms with Gasteiger partial charge in [0, 0.05) is 17.8 Å². The lowest BCUT2D eigenvalue weighted by molar-refractivity contribution is 0.592. The van der Waals surface area contributed by atoms with Crippen LogP contribution in [0.1, 0.15) is 11.1 Å². The van der Waals surface area contributed by atoms with Crippen LogP contribution < -0.4 is 10.0 Å². The number of fused-ring (bicyclic) bond motifs is 1. The Morgan fingerprint density at radius 1 is 1.14 bits per heavy atom. The number of nitrogen functional groups attached to an aromatic ring is 1. The van der Waals surface area contributed by atoms with Crippen molar-refractivity contribution >= 4 is 21.4 Å². The first-order valence-corrected chi connectivity index (χ1v) is 7.89. The second kappa shape index (κ2) is 4.79. The molecule has 3 rings (SSSR count). The Kier molecular flexibility index (Phi) is 3.07. The molecule has 5 nitrogen and oxygen atoms in total. The van der Waals surface area contributed by atoms with Crippen molar-refractivity contribution in [3.05, 3.63) is 53.6 Å². The zero-order valence-corrected chi connectivity index (χ0v) is 12.0. The minimum absolute atomic E-state index is 0.0303. The lowest BCUT2D eigenvalue weighted by Crippen LogP contribution is -2.29. The maximum atomic E-state index is 12.8. The van der Waals surface area contributed by atoms with Crippen molar-refractivity contribution in [2.45, 2.75) is 11.3 Å². The maximum absolute atomic E-state index is 12.8. The molecule has 1 heterocycles. The Balaban J connectivity index is 2.15. The molecule has 1 aliphatic heterocycles. The second-order valence-corrected chi connectivity index (χ2v) is 6.61. The lowest BCUT2D eigenvalue weighted by atomic mass is 10.1. The van der Waals surface area contributed by atoms with Gasteiger partial charge in [0.1, 0.15) is 11.0 Å². The molecule has 0 spiro atoms. The van der Waals surface area contributed by atoms with Gasteiger partial charge in [-0.1, -0.05) is 18.2 Å². The topological polar surface area (TPSA) is 87.2 Å². The highest BCUT2D eigenvalue weighted by Crippen LogP contribution is 2.36. The van der Waals surface area contributed by atoms with Gasteiger partial charge in [-0.2, -0.15) is 5.26 Å². The van der Waals surface area contributed by atoms with Crippen LogP contribution in [-0.4, -0.2) is 15.0 Å². The molecule has 0 unspecified atom stereocenters. The van der Waals surface area contributed by atoms with Crippen LogP contribution in [0.2, 0.25) is 0 Å². The van der Waals surface area contributed by atoms with E-state index in [1.165, 1.54) is 16.4 Å². The van der Waals surface area contributed by atoms with Gasteiger partial charge in [0.2, 0.25) is 0 Å². The van der Waals surface area contributed by atoms with Crippen molar-refractivity contribution in [3.63, 3.8) is 0 Å². The van der Waals surface area contributed by atoms with Crippen LogP contribution in [0.15, 0.2) is 47.4 Å². The summed E-state index contributed by atoms with van der Waals surface area (Å²) in [6.45, 7) is 0.339. The van der Waals surface area contributed by atoms with Crippen molar-refractivity contribution < 1.29 is 8.42 Å². The molecule has 2 aromatic rings. The first-order chi connectivity index (χ1) is 10.1. The van der Waals surface area contributed by atoms with Crippen molar-refractivity contribution in [3.8, 4) is 6.07 Å². The van der Waals surface area contributed by atoms with Gasteiger partial charge in [-0.25, -0.2) is 8.42 Å². The molecule has 0 aliphatic carbocycles. The Morgan fingerprint density at radius 2 is 1.90 bits per heavy atom. The number of anilines is 2. The van der Waals surface area contributed by atoms with Gasteiger partial charge in [-0.3, -0.25) is 4.31 Å². The Hall–Kier alpha value is -2.52. The lowest BCUT2D eigenvalue weighted by Gasteiger charge is -2.20. The highest BCUT2D eigenvalue weighted by atomic mass is 32.2. The van der Waals surface area contributed by atoms with E-state index in [1.54, 1.807) is 30.3 Å². The normalized spacial score (nSPS) is 13.8. The van der Waals surface area contributed by atoms with E-state index in [9.17, 15) is 8.42 Å². The zero-order valence-electron chi connectivity index (χ0n) is 11.2. The number of sulfonamides is 1. The molecule has 0 saturated carbocycles. The zero-order chi connectivity index (χ0) is 15.0. The molecule has 21 heavy (non-hydrogen) atoms. The van der Waals surface area contributed by atoms with Crippen LogP contribution in [-0.2, 0) is 16.4 Å². The number of rotatable bonds is 2. The summed E-state index contributed by atoms with van der Waals surface area (Å²) in [6, 6.07) is 13.4. The quantitative estimate of drug-likeness (QED) is 0.858. The Bertz CT molecular complexity index is 853. The summed E-state index contributed by atoms with van der Waals surface area (Å²) in [5.74, 6) is 0. The SMILES string of the molecule is N#Cc1ccccc1S(=O)(=O)N1CCc2c(N)cccc21.